The molecule has 1 aromatic rings. The molecule has 0 spiro atoms. The van der Waals surface area contributed by atoms with Crippen molar-refractivity contribution in [3.63, 3.8) is 0 Å². The number of halogens is 1. The molecular formula is C22H40IN5O. The van der Waals surface area contributed by atoms with Crippen molar-refractivity contribution in [1.82, 2.24) is 20.4 Å². The molecule has 6 nitrogen and oxygen atoms in total. The number of guanidine groups is 1. The molecule has 1 aliphatic rings. The van der Waals surface area contributed by atoms with Gasteiger partial charge in [-0.2, -0.15) is 0 Å². The summed E-state index contributed by atoms with van der Waals surface area (Å²) in [7, 11) is 2.17. The Morgan fingerprint density at radius 3 is 2.41 bits per heavy atom. The van der Waals surface area contributed by atoms with Crippen molar-refractivity contribution in [2.75, 3.05) is 46.4 Å². The highest BCUT2D eigenvalue weighted by molar-refractivity contribution is 14.0. The first-order chi connectivity index (χ1) is 13.5. The minimum absolute atomic E-state index is 0. The van der Waals surface area contributed by atoms with E-state index < -0.39 is 0 Å². The van der Waals surface area contributed by atoms with Gasteiger partial charge in [0.1, 0.15) is 0 Å². The number of hydrogen-bond donors (Lipinski definition) is 2. The van der Waals surface area contributed by atoms with Gasteiger partial charge in [-0.15, -0.1) is 24.0 Å². The molecule has 0 saturated carbocycles. The number of ether oxygens (including phenoxy) is 1. The van der Waals surface area contributed by atoms with Gasteiger partial charge in [0.05, 0.1) is 19.8 Å². The number of aliphatic imine (C=N–C) groups is 1. The molecule has 0 bridgehead atoms. The molecule has 0 radical (unpaired) electrons. The largest absolute Gasteiger partial charge is 0.379 e. The molecule has 1 heterocycles. The normalized spacial score (nSPS) is 16.6. The number of nitrogens with one attached hydrogen (secondary N) is 2. The monoisotopic (exact) mass is 517 g/mol. The van der Waals surface area contributed by atoms with E-state index in [9.17, 15) is 0 Å². The maximum absolute atomic E-state index is 5.45. The third kappa shape index (κ3) is 9.19. The quantitative estimate of drug-likeness (QED) is 0.300. The Morgan fingerprint density at radius 2 is 1.79 bits per heavy atom. The Balaban J connectivity index is 0.00000420. The van der Waals surface area contributed by atoms with Crippen molar-refractivity contribution in [2.45, 2.75) is 52.9 Å². The molecule has 0 amide bonds. The van der Waals surface area contributed by atoms with Crippen LogP contribution in [0, 0.1) is 0 Å². The molecule has 1 unspecified atom stereocenters. The van der Waals surface area contributed by atoms with Gasteiger partial charge >= 0.3 is 0 Å². The van der Waals surface area contributed by atoms with Gasteiger partial charge in [0.15, 0.2) is 5.96 Å². The Labute approximate surface area is 194 Å². The van der Waals surface area contributed by atoms with Crippen molar-refractivity contribution < 1.29 is 4.74 Å². The minimum Gasteiger partial charge on any atom is -0.379 e. The van der Waals surface area contributed by atoms with Gasteiger partial charge in [-0.3, -0.25) is 9.80 Å². The lowest BCUT2D eigenvalue weighted by molar-refractivity contribution is 0.0211. The Kier molecular flexibility index (Phi) is 12.8. The van der Waals surface area contributed by atoms with Gasteiger partial charge in [0, 0.05) is 44.8 Å². The van der Waals surface area contributed by atoms with Gasteiger partial charge < -0.3 is 15.4 Å². The van der Waals surface area contributed by atoms with Gasteiger partial charge in [-0.05, 0) is 45.9 Å². The van der Waals surface area contributed by atoms with Gasteiger partial charge in [-0.25, -0.2) is 4.99 Å². The molecule has 7 heteroatoms. The lowest BCUT2D eigenvalue weighted by Gasteiger charge is -2.32. The molecule has 166 valence electrons. The highest BCUT2D eigenvalue weighted by Gasteiger charge is 2.17. The second-order valence-electron chi connectivity index (χ2n) is 7.85. The molecular weight excluding hydrogens is 477 g/mol. The van der Waals surface area contributed by atoms with E-state index >= 15 is 0 Å². The first-order valence-electron chi connectivity index (χ1n) is 10.6. The first kappa shape index (κ1) is 26.1. The van der Waals surface area contributed by atoms with Crippen LogP contribution in [-0.2, 0) is 17.8 Å². The number of hydrogen-bond acceptors (Lipinski definition) is 4. The van der Waals surface area contributed by atoms with E-state index in [-0.39, 0.29) is 24.0 Å². The van der Waals surface area contributed by atoms with Crippen LogP contribution in [0.3, 0.4) is 0 Å². The number of morpholine rings is 1. The van der Waals surface area contributed by atoms with Crippen LogP contribution >= 0.6 is 24.0 Å². The summed E-state index contributed by atoms with van der Waals surface area (Å²) < 4.78 is 5.45. The van der Waals surface area contributed by atoms with E-state index in [1.807, 2.05) is 0 Å². The zero-order valence-corrected chi connectivity index (χ0v) is 21.1. The summed E-state index contributed by atoms with van der Waals surface area (Å²) in [5.41, 5.74) is 2.63. The summed E-state index contributed by atoms with van der Waals surface area (Å²) in [6.07, 6.45) is 0. The van der Waals surface area contributed by atoms with E-state index in [4.69, 9.17) is 9.73 Å². The number of nitrogens with zero attached hydrogens (tertiary/aromatic N) is 3. The SMILES string of the molecule is CCNC(=NCc1ccccc1CN(C)C(C)C)NCC(C)N1CCOCC1.I. The molecule has 2 N–H and O–H groups in total. The van der Waals surface area contributed by atoms with E-state index in [1.165, 1.54) is 11.1 Å². The summed E-state index contributed by atoms with van der Waals surface area (Å²) in [5, 5.41) is 6.89. The number of benzene rings is 1. The molecule has 0 aromatic heterocycles. The lowest BCUT2D eigenvalue weighted by Crippen LogP contribution is -2.49. The summed E-state index contributed by atoms with van der Waals surface area (Å²) in [6, 6.07) is 9.60. The van der Waals surface area contributed by atoms with E-state index in [0.717, 1.165) is 51.9 Å². The van der Waals surface area contributed by atoms with E-state index in [1.54, 1.807) is 0 Å². The number of rotatable bonds is 9. The van der Waals surface area contributed by atoms with Crippen molar-refractivity contribution in [3.05, 3.63) is 35.4 Å². The van der Waals surface area contributed by atoms with Crippen LogP contribution in [0.4, 0.5) is 0 Å². The van der Waals surface area contributed by atoms with Gasteiger partial charge in [0.2, 0.25) is 0 Å². The topological polar surface area (TPSA) is 52.1 Å². The standard InChI is InChI=1S/C22H39N5O.HI/c1-6-23-22(24-15-19(4)27-11-13-28-14-12-27)25-16-20-9-7-8-10-21(20)17-26(5)18(2)3;/h7-10,18-19H,6,11-17H2,1-5H3,(H2,23,24,25);1H. The molecule has 29 heavy (non-hydrogen) atoms. The Bertz CT molecular complexity index is 605. The first-order valence-corrected chi connectivity index (χ1v) is 10.6. The maximum atomic E-state index is 5.45. The average Bonchev–Trinajstić information content (AvgIpc) is 2.71. The van der Waals surface area contributed by atoms with Crippen LogP contribution in [0.25, 0.3) is 0 Å². The second-order valence-corrected chi connectivity index (χ2v) is 7.85. The summed E-state index contributed by atoms with van der Waals surface area (Å²) >= 11 is 0. The molecule has 1 atom stereocenters. The fourth-order valence-corrected chi connectivity index (χ4v) is 3.21. The van der Waals surface area contributed by atoms with Crippen LogP contribution in [0.1, 0.15) is 38.8 Å². The van der Waals surface area contributed by atoms with Gasteiger partial charge in [-0.1, -0.05) is 24.3 Å². The van der Waals surface area contributed by atoms with E-state index in [0.29, 0.717) is 18.6 Å². The van der Waals surface area contributed by atoms with Crippen LogP contribution in [0.15, 0.2) is 29.3 Å². The van der Waals surface area contributed by atoms with Crippen molar-refractivity contribution in [1.29, 1.82) is 0 Å². The van der Waals surface area contributed by atoms with Crippen LogP contribution in [-0.4, -0.2) is 74.3 Å². The van der Waals surface area contributed by atoms with Crippen LogP contribution in [0.2, 0.25) is 0 Å². The summed E-state index contributed by atoms with van der Waals surface area (Å²) in [5.74, 6) is 0.884. The Morgan fingerprint density at radius 1 is 1.14 bits per heavy atom. The Hall–Kier alpha value is -0.900. The predicted octanol–water partition coefficient (Wildman–Crippen LogP) is 2.92. The lowest BCUT2D eigenvalue weighted by atomic mass is 10.1. The van der Waals surface area contributed by atoms with Crippen molar-refractivity contribution >= 4 is 29.9 Å². The average molecular weight is 518 g/mol. The fraction of sp³-hybridized carbons (Fsp3) is 0.682. The highest BCUT2D eigenvalue weighted by atomic mass is 127. The van der Waals surface area contributed by atoms with E-state index in [2.05, 4.69) is 79.4 Å². The van der Waals surface area contributed by atoms with Crippen LogP contribution in [0.5, 0.6) is 0 Å². The van der Waals surface area contributed by atoms with Crippen molar-refractivity contribution in [3.8, 4) is 0 Å². The van der Waals surface area contributed by atoms with Crippen molar-refractivity contribution in [2.24, 2.45) is 4.99 Å². The molecule has 1 aromatic carbocycles. The molecule has 1 fully saturated rings. The zero-order valence-electron chi connectivity index (χ0n) is 18.8. The minimum atomic E-state index is 0. The molecule has 1 aliphatic heterocycles. The summed E-state index contributed by atoms with van der Waals surface area (Å²) in [4.78, 5) is 9.67. The third-order valence-corrected chi connectivity index (χ3v) is 5.41. The van der Waals surface area contributed by atoms with Gasteiger partial charge in [0.25, 0.3) is 0 Å². The highest BCUT2D eigenvalue weighted by Crippen LogP contribution is 2.13. The summed E-state index contributed by atoms with van der Waals surface area (Å²) in [6.45, 7) is 15.9. The maximum Gasteiger partial charge on any atom is 0.191 e. The van der Waals surface area contributed by atoms with Crippen LogP contribution < -0.4 is 10.6 Å². The second kappa shape index (κ2) is 14.2. The molecule has 2 rings (SSSR count). The smallest absolute Gasteiger partial charge is 0.191 e. The molecule has 1 saturated heterocycles. The zero-order chi connectivity index (χ0) is 20.4. The predicted molar refractivity (Wildman–Crippen MR) is 133 cm³/mol. The fourth-order valence-electron chi connectivity index (χ4n) is 3.21. The third-order valence-electron chi connectivity index (χ3n) is 5.41. The molecule has 0 aliphatic carbocycles.